The number of fused-ring (bicyclic) bond motifs is 1. The molecular weight excluding hydrogens is 244 g/mol. The second kappa shape index (κ2) is 5.36. The smallest absolute Gasteiger partial charge is 0.164 e. The van der Waals surface area contributed by atoms with E-state index in [9.17, 15) is 4.79 Å². The van der Waals surface area contributed by atoms with Gasteiger partial charge in [-0.3, -0.25) is 4.79 Å². The molecule has 0 saturated carbocycles. The summed E-state index contributed by atoms with van der Waals surface area (Å²) in [6.07, 6.45) is 8.24. The largest absolute Gasteiger partial charge is 0.294 e. The van der Waals surface area contributed by atoms with Crippen LogP contribution in [0.1, 0.15) is 35.2 Å². The summed E-state index contributed by atoms with van der Waals surface area (Å²) in [5.74, 6) is 0.288. The molecule has 0 heterocycles. The van der Waals surface area contributed by atoms with E-state index in [-0.39, 0.29) is 11.7 Å². The minimum atomic E-state index is 0.124. The topological polar surface area (TPSA) is 17.1 Å². The summed E-state index contributed by atoms with van der Waals surface area (Å²) in [4.78, 5) is 12.0. The second-order valence-electron chi connectivity index (χ2n) is 4.31. The molecule has 0 saturated heterocycles. The van der Waals surface area contributed by atoms with E-state index >= 15 is 0 Å². The van der Waals surface area contributed by atoms with Gasteiger partial charge in [-0.1, -0.05) is 48.6 Å². The van der Waals surface area contributed by atoms with Crippen molar-refractivity contribution < 1.29 is 4.79 Å². The van der Waals surface area contributed by atoms with Gasteiger partial charge in [-0.15, -0.1) is 0 Å². The molecule has 2 heteroatoms. The Balaban J connectivity index is 2.48. The standard InChI is InChI=1S/C16H15ClO/c1-3-5-11(6-4-2)14-10-16(18)15-9-12(17)7-8-13(14)15/h3-9,14H,1,10H2,2H3/b6-4-,11-5+. The molecule has 0 aromatic heterocycles. The van der Waals surface area contributed by atoms with Gasteiger partial charge in [-0.05, 0) is 30.2 Å². The van der Waals surface area contributed by atoms with Gasteiger partial charge in [0, 0.05) is 22.9 Å². The van der Waals surface area contributed by atoms with Crippen molar-refractivity contribution in [2.75, 3.05) is 0 Å². The second-order valence-corrected chi connectivity index (χ2v) is 4.75. The van der Waals surface area contributed by atoms with E-state index in [4.69, 9.17) is 11.6 Å². The number of benzene rings is 1. The summed E-state index contributed by atoms with van der Waals surface area (Å²) in [6, 6.07) is 5.56. The van der Waals surface area contributed by atoms with Gasteiger partial charge in [0.25, 0.3) is 0 Å². The fourth-order valence-corrected chi connectivity index (χ4v) is 2.57. The van der Waals surface area contributed by atoms with Gasteiger partial charge >= 0.3 is 0 Å². The molecule has 0 amide bonds. The third kappa shape index (κ3) is 2.32. The van der Waals surface area contributed by atoms with Crippen LogP contribution in [0.2, 0.25) is 5.02 Å². The van der Waals surface area contributed by atoms with Crippen LogP contribution in [0.3, 0.4) is 0 Å². The van der Waals surface area contributed by atoms with Crippen molar-refractivity contribution in [3.05, 3.63) is 70.8 Å². The summed E-state index contributed by atoms with van der Waals surface area (Å²) in [5.41, 5.74) is 2.93. The van der Waals surface area contributed by atoms with Gasteiger partial charge in [0.1, 0.15) is 0 Å². The first-order chi connectivity index (χ1) is 8.67. The molecule has 1 unspecified atom stereocenters. The highest BCUT2D eigenvalue weighted by Crippen LogP contribution is 2.39. The lowest BCUT2D eigenvalue weighted by molar-refractivity contribution is 0.0991. The van der Waals surface area contributed by atoms with Crippen molar-refractivity contribution in [1.29, 1.82) is 0 Å². The first kappa shape index (κ1) is 12.8. The number of ketones is 1. The van der Waals surface area contributed by atoms with E-state index in [2.05, 4.69) is 6.58 Å². The zero-order valence-electron chi connectivity index (χ0n) is 10.3. The highest BCUT2D eigenvalue weighted by atomic mass is 35.5. The molecule has 1 aromatic carbocycles. The number of carbonyl (C=O) groups excluding carboxylic acids is 1. The molecule has 18 heavy (non-hydrogen) atoms. The molecule has 1 aromatic rings. The molecule has 0 N–H and O–H groups in total. The minimum Gasteiger partial charge on any atom is -0.294 e. The van der Waals surface area contributed by atoms with E-state index in [1.165, 1.54) is 0 Å². The van der Waals surface area contributed by atoms with Crippen molar-refractivity contribution in [1.82, 2.24) is 0 Å². The Morgan fingerprint density at radius 3 is 2.94 bits per heavy atom. The van der Waals surface area contributed by atoms with Gasteiger partial charge in [0.2, 0.25) is 0 Å². The SMILES string of the molecule is C=C/C=C(\C=C/C)C1CC(=O)c2cc(Cl)ccc21. The summed E-state index contributed by atoms with van der Waals surface area (Å²) in [6.45, 7) is 5.70. The lowest BCUT2D eigenvalue weighted by Crippen LogP contribution is -1.96. The molecular formula is C16H15ClO. The molecule has 1 nitrogen and oxygen atoms in total. The Morgan fingerprint density at radius 1 is 1.50 bits per heavy atom. The Hall–Kier alpha value is -1.60. The number of carbonyl (C=O) groups is 1. The number of hydrogen-bond acceptors (Lipinski definition) is 1. The molecule has 2 rings (SSSR count). The lowest BCUT2D eigenvalue weighted by Gasteiger charge is -2.12. The van der Waals surface area contributed by atoms with Gasteiger partial charge in [-0.25, -0.2) is 0 Å². The zero-order valence-corrected chi connectivity index (χ0v) is 11.1. The Kier molecular flexibility index (Phi) is 3.83. The van der Waals surface area contributed by atoms with E-state index in [0.29, 0.717) is 11.4 Å². The van der Waals surface area contributed by atoms with Crippen molar-refractivity contribution in [2.24, 2.45) is 0 Å². The third-order valence-electron chi connectivity index (χ3n) is 3.15. The summed E-state index contributed by atoms with van der Waals surface area (Å²) in [5, 5.41) is 0.614. The number of halogens is 1. The first-order valence-electron chi connectivity index (χ1n) is 5.95. The average Bonchev–Trinajstić information content (AvgIpc) is 2.66. The van der Waals surface area contributed by atoms with Crippen LogP contribution in [-0.2, 0) is 0 Å². The van der Waals surface area contributed by atoms with Crippen molar-refractivity contribution in [3.8, 4) is 0 Å². The van der Waals surface area contributed by atoms with Crippen molar-refractivity contribution >= 4 is 17.4 Å². The lowest BCUT2D eigenvalue weighted by atomic mass is 9.92. The average molecular weight is 259 g/mol. The molecule has 0 radical (unpaired) electrons. The summed E-state index contributed by atoms with van der Waals surface area (Å²) < 4.78 is 0. The molecule has 0 spiro atoms. The number of Topliss-reactive ketones (excluding diaryl/α,β-unsaturated/α-hetero) is 1. The van der Waals surface area contributed by atoms with E-state index in [1.54, 1.807) is 12.1 Å². The van der Waals surface area contributed by atoms with Gasteiger partial charge in [0.15, 0.2) is 5.78 Å². The van der Waals surface area contributed by atoms with Crippen LogP contribution in [0.4, 0.5) is 0 Å². The highest BCUT2D eigenvalue weighted by Gasteiger charge is 2.30. The Bertz CT molecular complexity index is 552. The fourth-order valence-electron chi connectivity index (χ4n) is 2.39. The maximum Gasteiger partial charge on any atom is 0.164 e. The predicted molar refractivity (Wildman–Crippen MR) is 76.2 cm³/mol. The van der Waals surface area contributed by atoms with Crippen LogP contribution in [0.15, 0.2) is 54.7 Å². The predicted octanol–water partition coefficient (Wildman–Crippen LogP) is 4.70. The monoisotopic (exact) mass is 258 g/mol. The van der Waals surface area contributed by atoms with Crippen LogP contribution in [0, 0.1) is 0 Å². The summed E-state index contributed by atoms with van der Waals surface area (Å²) >= 11 is 5.94. The van der Waals surface area contributed by atoms with Gasteiger partial charge in [0.05, 0.1) is 0 Å². The minimum absolute atomic E-state index is 0.124. The number of hydrogen-bond donors (Lipinski definition) is 0. The number of rotatable bonds is 3. The third-order valence-corrected chi connectivity index (χ3v) is 3.39. The highest BCUT2D eigenvalue weighted by molar-refractivity contribution is 6.31. The maximum absolute atomic E-state index is 12.0. The van der Waals surface area contributed by atoms with Crippen LogP contribution in [-0.4, -0.2) is 5.78 Å². The molecule has 0 fully saturated rings. The van der Waals surface area contributed by atoms with Crippen LogP contribution < -0.4 is 0 Å². The van der Waals surface area contributed by atoms with Crippen molar-refractivity contribution in [2.45, 2.75) is 19.3 Å². The number of allylic oxidation sites excluding steroid dienone is 5. The first-order valence-corrected chi connectivity index (χ1v) is 6.33. The molecule has 0 bridgehead atoms. The molecule has 1 aliphatic carbocycles. The van der Waals surface area contributed by atoms with Gasteiger partial charge in [-0.2, -0.15) is 0 Å². The molecule has 1 aliphatic rings. The zero-order chi connectivity index (χ0) is 13.1. The maximum atomic E-state index is 12.0. The normalized spacial score (nSPS) is 19.3. The van der Waals surface area contributed by atoms with Gasteiger partial charge < -0.3 is 0 Å². The quantitative estimate of drug-likeness (QED) is 0.719. The summed E-state index contributed by atoms with van der Waals surface area (Å²) in [7, 11) is 0. The van der Waals surface area contributed by atoms with Crippen molar-refractivity contribution in [3.63, 3.8) is 0 Å². The van der Waals surface area contributed by atoms with E-state index in [0.717, 1.165) is 16.7 Å². The Labute approximate surface area is 112 Å². The van der Waals surface area contributed by atoms with Crippen LogP contribution in [0.5, 0.6) is 0 Å². The molecule has 0 aliphatic heterocycles. The van der Waals surface area contributed by atoms with E-state index in [1.807, 2.05) is 37.3 Å². The molecule has 92 valence electrons. The van der Waals surface area contributed by atoms with Crippen LogP contribution >= 0.6 is 11.6 Å². The Morgan fingerprint density at radius 2 is 2.28 bits per heavy atom. The van der Waals surface area contributed by atoms with Crippen LogP contribution in [0.25, 0.3) is 0 Å². The van der Waals surface area contributed by atoms with E-state index < -0.39 is 0 Å². The molecule has 1 atom stereocenters. The fraction of sp³-hybridized carbons (Fsp3) is 0.188.